The molecule has 1 aromatic carbocycles. The summed E-state index contributed by atoms with van der Waals surface area (Å²) in [6.07, 6.45) is 2.22. The molecule has 2 rings (SSSR count). The summed E-state index contributed by atoms with van der Waals surface area (Å²) in [6.45, 7) is 8.10. The molecule has 0 spiro atoms. The first-order valence-corrected chi connectivity index (χ1v) is 7.43. The van der Waals surface area contributed by atoms with Crippen LogP contribution in [0.1, 0.15) is 45.6 Å². The number of halogens is 1. The smallest absolute Gasteiger partial charge is 0.329 e. The number of nitrogens with one attached hydrogen (secondary N) is 1. The van der Waals surface area contributed by atoms with E-state index in [2.05, 4.69) is 19.2 Å². The summed E-state index contributed by atoms with van der Waals surface area (Å²) in [5.41, 5.74) is 0.455. The van der Waals surface area contributed by atoms with Gasteiger partial charge in [-0.15, -0.1) is 0 Å². The Morgan fingerprint density at radius 2 is 2.00 bits per heavy atom. The highest BCUT2D eigenvalue weighted by Gasteiger charge is 2.49. The highest BCUT2D eigenvalue weighted by atomic mass is 19.1. The second kappa shape index (κ2) is 5.32. The molecule has 2 N–H and O–H groups in total. The molecule has 0 amide bonds. The molecule has 2 atom stereocenters. The van der Waals surface area contributed by atoms with Crippen molar-refractivity contribution in [1.82, 2.24) is 0 Å². The molecule has 1 aliphatic rings. The van der Waals surface area contributed by atoms with E-state index in [9.17, 15) is 14.3 Å². The van der Waals surface area contributed by atoms with Crippen molar-refractivity contribution in [3.05, 3.63) is 29.6 Å². The first-order chi connectivity index (χ1) is 9.64. The van der Waals surface area contributed by atoms with Crippen LogP contribution < -0.4 is 5.32 Å². The maximum Gasteiger partial charge on any atom is 0.329 e. The summed E-state index contributed by atoms with van der Waals surface area (Å²) < 4.78 is 13.5. The van der Waals surface area contributed by atoms with Crippen LogP contribution in [0.2, 0.25) is 0 Å². The number of carbonyl (C=O) groups is 1. The van der Waals surface area contributed by atoms with Crippen molar-refractivity contribution >= 4 is 11.7 Å². The first kappa shape index (κ1) is 15.8. The van der Waals surface area contributed by atoms with Gasteiger partial charge in [0.15, 0.2) is 0 Å². The van der Waals surface area contributed by atoms with Crippen molar-refractivity contribution < 1.29 is 14.3 Å². The fourth-order valence-electron chi connectivity index (χ4n) is 3.51. The van der Waals surface area contributed by atoms with Crippen LogP contribution in [0.5, 0.6) is 0 Å². The van der Waals surface area contributed by atoms with Crippen molar-refractivity contribution in [3.63, 3.8) is 0 Å². The number of carboxylic acid groups (broad SMARTS) is 1. The van der Waals surface area contributed by atoms with E-state index in [0.717, 1.165) is 18.4 Å². The van der Waals surface area contributed by atoms with Crippen LogP contribution in [0.4, 0.5) is 10.1 Å². The molecule has 1 fully saturated rings. The van der Waals surface area contributed by atoms with E-state index < -0.39 is 11.5 Å². The van der Waals surface area contributed by atoms with E-state index in [1.807, 2.05) is 6.92 Å². The van der Waals surface area contributed by atoms with Crippen LogP contribution in [-0.2, 0) is 4.79 Å². The third kappa shape index (κ3) is 3.20. The van der Waals surface area contributed by atoms with Crippen molar-refractivity contribution in [3.8, 4) is 0 Å². The van der Waals surface area contributed by atoms with Gasteiger partial charge in [0.2, 0.25) is 0 Å². The molecule has 0 saturated heterocycles. The summed E-state index contributed by atoms with van der Waals surface area (Å²) in [5.74, 6) is -1.23. The fourth-order valence-corrected chi connectivity index (χ4v) is 3.51. The average molecular weight is 293 g/mol. The number of aliphatic carboxylic acids is 1. The zero-order valence-electron chi connectivity index (χ0n) is 13.2. The molecule has 0 aliphatic heterocycles. The number of anilines is 1. The van der Waals surface area contributed by atoms with Gasteiger partial charge >= 0.3 is 5.97 Å². The Bertz CT molecular complexity index is 535. The van der Waals surface area contributed by atoms with Crippen LogP contribution in [0, 0.1) is 24.1 Å². The van der Waals surface area contributed by atoms with Gasteiger partial charge in [0, 0.05) is 5.69 Å². The molecule has 0 radical (unpaired) electrons. The molecule has 116 valence electrons. The standard InChI is InChI=1S/C17H24FNO2/c1-11-7-13(18)9-14(8-11)19-17(15(20)21)6-5-16(3,4)10-12(17)2/h7-9,12,19H,5-6,10H2,1-4H3,(H,20,21). The van der Waals surface area contributed by atoms with Crippen molar-refractivity contribution in [2.75, 3.05) is 5.32 Å². The lowest BCUT2D eigenvalue weighted by molar-refractivity contribution is -0.146. The number of benzene rings is 1. The Balaban J connectivity index is 2.33. The summed E-state index contributed by atoms with van der Waals surface area (Å²) in [7, 11) is 0. The maximum atomic E-state index is 13.5. The van der Waals surface area contributed by atoms with Crippen LogP contribution in [0.25, 0.3) is 0 Å². The van der Waals surface area contributed by atoms with E-state index in [-0.39, 0.29) is 17.2 Å². The molecular formula is C17H24FNO2. The van der Waals surface area contributed by atoms with Gasteiger partial charge in [0.25, 0.3) is 0 Å². The summed E-state index contributed by atoms with van der Waals surface area (Å²) in [6, 6.07) is 4.59. The largest absolute Gasteiger partial charge is 0.479 e. The molecule has 1 aliphatic carbocycles. The van der Waals surface area contributed by atoms with Crippen LogP contribution in [-0.4, -0.2) is 16.6 Å². The van der Waals surface area contributed by atoms with E-state index in [4.69, 9.17) is 0 Å². The van der Waals surface area contributed by atoms with Crippen molar-refractivity contribution in [2.45, 2.75) is 52.5 Å². The van der Waals surface area contributed by atoms with Gasteiger partial charge in [-0.25, -0.2) is 9.18 Å². The Kier molecular flexibility index (Phi) is 4.00. The second-order valence-corrected chi connectivity index (χ2v) is 7.19. The number of hydrogen-bond acceptors (Lipinski definition) is 2. The van der Waals surface area contributed by atoms with Crippen molar-refractivity contribution in [1.29, 1.82) is 0 Å². The number of rotatable bonds is 3. The zero-order valence-corrected chi connectivity index (χ0v) is 13.2. The van der Waals surface area contributed by atoms with Crippen LogP contribution in [0.15, 0.2) is 18.2 Å². The van der Waals surface area contributed by atoms with Crippen LogP contribution >= 0.6 is 0 Å². The molecule has 0 bridgehead atoms. The second-order valence-electron chi connectivity index (χ2n) is 7.19. The Morgan fingerprint density at radius 1 is 1.33 bits per heavy atom. The van der Waals surface area contributed by atoms with E-state index in [0.29, 0.717) is 12.1 Å². The lowest BCUT2D eigenvalue weighted by atomic mass is 9.63. The molecule has 4 heteroatoms. The molecule has 0 aromatic heterocycles. The normalized spacial score (nSPS) is 28.1. The molecule has 1 aromatic rings. The van der Waals surface area contributed by atoms with Gasteiger partial charge in [-0.2, -0.15) is 0 Å². The third-order valence-electron chi connectivity index (χ3n) is 4.69. The predicted molar refractivity (Wildman–Crippen MR) is 81.9 cm³/mol. The molecule has 21 heavy (non-hydrogen) atoms. The Hall–Kier alpha value is -1.58. The monoisotopic (exact) mass is 293 g/mol. The fraction of sp³-hybridized carbons (Fsp3) is 0.588. The lowest BCUT2D eigenvalue weighted by Gasteiger charge is -2.46. The van der Waals surface area contributed by atoms with Gasteiger partial charge < -0.3 is 10.4 Å². The number of aryl methyl sites for hydroxylation is 1. The highest BCUT2D eigenvalue weighted by Crippen LogP contribution is 2.45. The summed E-state index contributed by atoms with van der Waals surface area (Å²) in [4.78, 5) is 11.9. The minimum atomic E-state index is -1.02. The van der Waals surface area contributed by atoms with Gasteiger partial charge in [-0.05, 0) is 61.3 Å². The van der Waals surface area contributed by atoms with Gasteiger partial charge in [0.05, 0.1) is 0 Å². The van der Waals surface area contributed by atoms with Gasteiger partial charge in [0.1, 0.15) is 11.4 Å². The maximum absolute atomic E-state index is 13.5. The zero-order chi connectivity index (χ0) is 15.8. The van der Waals surface area contributed by atoms with Gasteiger partial charge in [-0.1, -0.05) is 20.8 Å². The molecule has 1 saturated carbocycles. The van der Waals surface area contributed by atoms with E-state index in [1.165, 1.54) is 12.1 Å². The first-order valence-electron chi connectivity index (χ1n) is 7.43. The lowest BCUT2D eigenvalue weighted by Crippen LogP contribution is -2.55. The van der Waals surface area contributed by atoms with Crippen molar-refractivity contribution in [2.24, 2.45) is 11.3 Å². The molecule has 3 nitrogen and oxygen atoms in total. The third-order valence-corrected chi connectivity index (χ3v) is 4.69. The topological polar surface area (TPSA) is 49.3 Å². The number of carboxylic acids is 1. The summed E-state index contributed by atoms with van der Waals surface area (Å²) in [5, 5.41) is 12.9. The quantitative estimate of drug-likeness (QED) is 0.877. The molecule has 2 unspecified atom stereocenters. The SMILES string of the molecule is Cc1cc(F)cc(NC2(C(=O)O)CCC(C)(C)CC2C)c1. The predicted octanol–water partition coefficient (Wildman–Crippen LogP) is 4.22. The average Bonchev–Trinajstić information content (AvgIpc) is 2.30. The molecule has 0 heterocycles. The Morgan fingerprint density at radius 3 is 2.52 bits per heavy atom. The minimum absolute atomic E-state index is 0.0256. The Labute approximate surface area is 125 Å². The number of hydrogen-bond donors (Lipinski definition) is 2. The highest BCUT2D eigenvalue weighted by molar-refractivity contribution is 5.83. The molecular weight excluding hydrogens is 269 g/mol. The minimum Gasteiger partial charge on any atom is -0.479 e. The van der Waals surface area contributed by atoms with E-state index >= 15 is 0 Å². The van der Waals surface area contributed by atoms with E-state index in [1.54, 1.807) is 13.0 Å². The summed E-state index contributed by atoms with van der Waals surface area (Å²) >= 11 is 0. The van der Waals surface area contributed by atoms with Gasteiger partial charge in [-0.3, -0.25) is 0 Å². The van der Waals surface area contributed by atoms with Crippen LogP contribution in [0.3, 0.4) is 0 Å².